The molecule has 0 saturated carbocycles. The molecule has 2 heterocycles. The molecule has 2 aromatic heterocycles. The molecule has 0 spiro atoms. The van der Waals surface area contributed by atoms with Crippen LogP contribution < -0.4 is 22.7 Å². The summed E-state index contributed by atoms with van der Waals surface area (Å²) in [6.07, 6.45) is 0. The highest BCUT2D eigenvalue weighted by Crippen LogP contribution is 2.32. The molecule has 10 heteroatoms. The summed E-state index contributed by atoms with van der Waals surface area (Å²) in [5.41, 5.74) is 4.98. The number of benzene rings is 2. The van der Waals surface area contributed by atoms with Crippen molar-refractivity contribution in [2.75, 3.05) is 19.0 Å². The fraction of sp³-hybridized carbons (Fsp3) is 0.227. The fourth-order valence-electron chi connectivity index (χ4n) is 3.74. The monoisotopic (exact) mass is 435 g/mol. The van der Waals surface area contributed by atoms with E-state index in [1.807, 2.05) is 56.3 Å². The van der Waals surface area contributed by atoms with E-state index in [1.165, 1.54) is 0 Å². The molecule has 0 saturated heterocycles. The van der Waals surface area contributed by atoms with E-state index in [2.05, 4.69) is 20.1 Å². The van der Waals surface area contributed by atoms with Crippen LogP contribution in [0.5, 0.6) is 0 Å². The van der Waals surface area contributed by atoms with Gasteiger partial charge >= 0.3 is 5.69 Å². The second-order valence-corrected chi connectivity index (χ2v) is 7.41. The first-order chi connectivity index (χ1) is 15.4. The molecule has 0 aliphatic heterocycles. The molecule has 0 aliphatic rings. The van der Waals surface area contributed by atoms with Gasteiger partial charge in [0.2, 0.25) is 0 Å². The number of nitrogens with two attached hydrogens (primary N) is 2. The average Bonchev–Trinajstić information content (AvgIpc) is 3.34. The molecule has 10 nitrogen and oxygen atoms in total. The molecule has 6 N–H and O–H groups in total. The molecular weight excluding hydrogens is 410 g/mol. The number of carbonyl (C=O) groups excluding carboxylic acids is 1. The van der Waals surface area contributed by atoms with Crippen LogP contribution in [-0.2, 0) is 11.4 Å². The van der Waals surface area contributed by atoms with Gasteiger partial charge in [0, 0.05) is 24.2 Å². The van der Waals surface area contributed by atoms with Gasteiger partial charge in [-0.15, -0.1) is 0 Å². The Morgan fingerprint density at radius 2 is 2.00 bits per heavy atom. The van der Waals surface area contributed by atoms with Gasteiger partial charge in [-0.1, -0.05) is 29.8 Å². The summed E-state index contributed by atoms with van der Waals surface area (Å²) in [6, 6.07) is 13.4. The number of aromatic nitrogens is 4. The van der Waals surface area contributed by atoms with Crippen LogP contribution in [-0.4, -0.2) is 38.3 Å². The van der Waals surface area contributed by atoms with Crippen molar-refractivity contribution in [3.05, 3.63) is 64.3 Å². The Morgan fingerprint density at radius 3 is 2.72 bits per heavy atom. The van der Waals surface area contributed by atoms with Crippen LogP contribution in [0, 0.1) is 6.92 Å². The van der Waals surface area contributed by atoms with Crippen molar-refractivity contribution in [1.29, 1.82) is 0 Å². The predicted octanol–water partition coefficient (Wildman–Crippen LogP) is 1.52. The Labute approximate surface area is 183 Å². The summed E-state index contributed by atoms with van der Waals surface area (Å²) in [5.74, 6) is 10.8. The molecule has 0 bridgehead atoms. The Bertz CT molecular complexity index is 1350. The molecular formula is C22H25N7O3. The number of rotatable bonds is 7. The number of amides is 1. The van der Waals surface area contributed by atoms with Crippen LogP contribution in [0.3, 0.4) is 0 Å². The molecule has 166 valence electrons. The third kappa shape index (κ3) is 3.77. The van der Waals surface area contributed by atoms with E-state index in [4.69, 9.17) is 11.7 Å². The summed E-state index contributed by atoms with van der Waals surface area (Å²) in [5, 5.41) is 2.71. The number of aryl methyl sites for hydroxylation is 2. The first kappa shape index (κ1) is 21.3. The number of nitrogens with one attached hydrogen (secondary N) is 2. The molecule has 4 rings (SSSR count). The van der Waals surface area contributed by atoms with Gasteiger partial charge in [-0.2, -0.15) is 0 Å². The van der Waals surface area contributed by atoms with Crippen molar-refractivity contribution < 1.29 is 9.63 Å². The Hall–Kier alpha value is -3.89. The smallest absolute Gasteiger partial charge is 0.347 e. The van der Waals surface area contributed by atoms with Gasteiger partial charge < -0.3 is 21.0 Å². The zero-order valence-corrected chi connectivity index (χ0v) is 17.9. The standard InChI is InChI=1S/C22H25N7O3/c1-3-28-16-8-7-15(12-17(16)29(23)22(28)31)19-18(14-6-4-5-13(2)11-14)26-20(27-19)21(30)25-9-10-32-24/h4-8,11-12H,3,9-10,23-24H2,1-2H3,(H,25,30)(H,26,27). The van der Waals surface area contributed by atoms with Crippen LogP contribution in [0.4, 0.5) is 0 Å². The molecule has 0 fully saturated rings. The topological polar surface area (TPSA) is 146 Å². The minimum Gasteiger partial charge on any atom is -0.347 e. The van der Waals surface area contributed by atoms with Crippen LogP contribution >= 0.6 is 0 Å². The van der Waals surface area contributed by atoms with Crippen molar-refractivity contribution >= 4 is 16.9 Å². The van der Waals surface area contributed by atoms with Crippen molar-refractivity contribution in [2.24, 2.45) is 5.90 Å². The number of aromatic amines is 1. The molecule has 4 aromatic rings. The van der Waals surface area contributed by atoms with E-state index in [1.54, 1.807) is 4.57 Å². The van der Waals surface area contributed by atoms with E-state index < -0.39 is 0 Å². The van der Waals surface area contributed by atoms with E-state index in [0.29, 0.717) is 23.4 Å². The number of H-pyrrole nitrogens is 1. The zero-order chi connectivity index (χ0) is 22.8. The number of hydrogen-bond acceptors (Lipinski definition) is 6. The van der Waals surface area contributed by atoms with Gasteiger partial charge in [0.15, 0.2) is 5.82 Å². The number of nitrogens with zero attached hydrogens (tertiary/aromatic N) is 3. The summed E-state index contributed by atoms with van der Waals surface area (Å²) in [4.78, 5) is 37.2. The third-order valence-corrected chi connectivity index (χ3v) is 5.28. The quantitative estimate of drug-likeness (QED) is 0.197. The minimum absolute atomic E-state index is 0.157. The molecule has 0 atom stereocenters. The number of nitrogen functional groups attached to an aromatic ring is 1. The van der Waals surface area contributed by atoms with Crippen LogP contribution in [0.1, 0.15) is 23.1 Å². The number of fused-ring (bicyclic) bond motifs is 1. The van der Waals surface area contributed by atoms with Crippen molar-refractivity contribution in [3.63, 3.8) is 0 Å². The van der Waals surface area contributed by atoms with Crippen molar-refractivity contribution in [1.82, 2.24) is 24.5 Å². The number of carbonyl (C=O) groups is 1. The normalized spacial score (nSPS) is 11.2. The highest BCUT2D eigenvalue weighted by atomic mass is 16.6. The van der Waals surface area contributed by atoms with Crippen molar-refractivity contribution in [3.8, 4) is 22.5 Å². The number of imidazole rings is 2. The Kier molecular flexibility index (Phi) is 5.80. The SMILES string of the molecule is CCn1c(=O)n(N)c2cc(-c3[nH]c(C(=O)NCCON)nc3-c3cccc(C)c3)ccc21. The molecule has 0 unspecified atom stereocenters. The third-order valence-electron chi connectivity index (χ3n) is 5.28. The average molecular weight is 435 g/mol. The van der Waals surface area contributed by atoms with Gasteiger partial charge in [-0.3, -0.25) is 9.36 Å². The fourth-order valence-corrected chi connectivity index (χ4v) is 3.74. The summed E-state index contributed by atoms with van der Waals surface area (Å²) < 4.78 is 2.73. The lowest BCUT2D eigenvalue weighted by atomic mass is 10.0. The van der Waals surface area contributed by atoms with E-state index in [9.17, 15) is 9.59 Å². The highest BCUT2D eigenvalue weighted by molar-refractivity contribution is 5.94. The lowest BCUT2D eigenvalue weighted by molar-refractivity contribution is 0.0908. The van der Waals surface area contributed by atoms with Crippen LogP contribution in [0.25, 0.3) is 33.5 Å². The van der Waals surface area contributed by atoms with E-state index in [-0.39, 0.29) is 30.6 Å². The lowest BCUT2D eigenvalue weighted by Crippen LogP contribution is -2.28. The van der Waals surface area contributed by atoms with E-state index in [0.717, 1.165) is 26.9 Å². The minimum atomic E-state index is -0.379. The maximum atomic E-state index is 12.6. The molecule has 1 amide bonds. The molecule has 32 heavy (non-hydrogen) atoms. The first-order valence-electron chi connectivity index (χ1n) is 10.2. The maximum Gasteiger partial charge on any atom is 0.347 e. The van der Waals surface area contributed by atoms with E-state index >= 15 is 0 Å². The number of hydrogen-bond donors (Lipinski definition) is 4. The summed E-state index contributed by atoms with van der Waals surface area (Å²) in [7, 11) is 0. The second kappa shape index (κ2) is 8.69. The van der Waals surface area contributed by atoms with Gasteiger partial charge in [-0.25, -0.2) is 20.4 Å². The first-order valence-corrected chi connectivity index (χ1v) is 10.2. The van der Waals surface area contributed by atoms with Crippen LogP contribution in [0.2, 0.25) is 0 Å². The zero-order valence-electron chi connectivity index (χ0n) is 17.9. The Balaban J connectivity index is 1.86. The van der Waals surface area contributed by atoms with Gasteiger partial charge in [0.1, 0.15) is 0 Å². The van der Waals surface area contributed by atoms with Gasteiger partial charge in [-0.05, 0) is 32.0 Å². The maximum absolute atomic E-state index is 12.6. The largest absolute Gasteiger partial charge is 0.347 e. The predicted molar refractivity (Wildman–Crippen MR) is 122 cm³/mol. The summed E-state index contributed by atoms with van der Waals surface area (Å²) in [6.45, 7) is 4.82. The molecule has 2 aromatic carbocycles. The highest BCUT2D eigenvalue weighted by Gasteiger charge is 2.20. The van der Waals surface area contributed by atoms with Gasteiger partial charge in [0.05, 0.1) is 29.0 Å². The summed E-state index contributed by atoms with van der Waals surface area (Å²) >= 11 is 0. The second-order valence-electron chi connectivity index (χ2n) is 7.41. The molecule has 0 aliphatic carbocycles. The van der Waals surface area contributed by atoms with Crippen LogP contribution in [0.15, 0.2) is 47.3 Å². The van der Waals surface area contributed by atoms with Gasteiger partial charge in [0.25, 0.3) is 5.91 Å². The molecule has 0 radical (unpaired) electrons. The lowest BCUT2D eigenvalue weighted by Gasteiger charge is -2.05. The van der Waals surface area contributed by atoms with Crippen molar-refractivity contribution in [2.45, 2.75) is 20.4 Å². The Morgan fingerprint density at radius 1 is 1.19 bits per heavy atom.